The number of imidazole rings is 1. The molecule has 6 nitrogen and oxygen atoms in total. The van der Waals surface area contributed by atoms with Crippen molar-refractivity contribution >= 4 is 29.7 Å². The molecule has 0 radical (unpaired) electrons. The van der Waals surface area contributed by atoms with Crippen LogP contribution in [0.15, 0.2) is 18.5 Å². The fraction of sp³-hybridized carbons (Fsp3) is 0.467. The first kappa shape index (κ1) is 15.1. The first-order valence-corrected chi connectivity index (χ1v) is 7.19. The van der Waals surface area contributed by atoms with E-state index in [2.05, 4.69) is 4.98 Å². The quantitative estimate of drug-likeness (QED) is 0.817. The number of nitrogens with zero attached hydrogens (tertiary/aromatic N) is 2. The molecule has 2 heterocycles. The van der Waals surface area contributed by atoms with Gasteiger partial charge in [-0.05, 0) is 57.8 Å². The lowest BCUT2D eigenvalue weighted by atomic mass is 9.76. The fourth-order valence-electron chi connectivity index (χ4n) is 2.55. The Hall–Kier alpha value is -1.86. The zero-order valence-corrected chi connectivity index (χ0v) is 13.4. The van der Waals surface area contributed by atoms with Crippen molar-refractivity contribution in [1.29, 1.82) is 0 Å². The van der Waals surface area contributed by atoms with E-state index in [9.17, 15) is 9.90 Å². The van der Waals surface area contributed by atoms with Crippen LogP contribution in [-0.2, 0) is 9.31 Å². The Balaban J connectivity index is 2.10. The van der Waals surface area contributed by atoms with Crippen molar-refractivity contribution in [2.45, 2.75) is 45.8 Å². The summed E-state index contributed by atoms with van der Waals surface area (Å²) in [5, 5.41) is 9.22. The summed E-state index contributed by atoms with van der Waals surface area (Å²) in [5.41, 5.74) is 2.08. The van der Waals surface area contributed by atoms with Gasteiger partial charge in [-0.2, -0.15) is 0 Å². The van der Waals surface area contributed by atoms with Crippen LogP contribution in [0.25, 0.3) is 11.0 Å². The Morgan fingerprint density at radius 3 is 2.36 bits per heavy atom. The first-order valence-electron chi connectivity index (χ1n) is 7.19. The van der Waals surface area contributed by atoms with Crippen LogP contribution >= 0.6 is 0 Å². The lowest BCUT2D eigenvalue weighted by Gasteiger charge is -2.32. The number of fused-ring (bicyclic) bond motifs is 1. The van der Waals surface area contributed by atoms with Crippen LogP contribution in [-0.4, -0.2) is 39.1 Å². The van der Waals surface area contributed by atoms with Gasteiger partial charge < -0.3 is 14.4 Å². The molecule has 1 aliphatic rings. The molecule has 3 rings (SSSR count). The number of aromatic nitrogens is 2. The van der Waals surface area contributed by atoms with Gasteiger partial charge in [0.05, 0.1) is 22.2 Å². The lowest BCUT2D eigenvalue weighted by molar-refractivity contribution is 0.00578. The van der Waals surface area contributed by atoms with Crippen LogP contribution in [0.1, 0.15) is 33.3 Å². The van der Waals surface area contributed by atoms with E-state index < -0.39 is 24.4 Å². The summed E-state index contributed by atoms with van der Waals surface area (Å²) < 4.78 is 13.2. The van der Waals surface area contributed by atoms with Crippen molar-refractivity contribution < 1.29 is 19.2 Å². The second-order valence-corrected chi connectivity index (χ2v) is 6.68. The summed E-state index contributed by atoms with van der Waals surface area (Å²) in [6, 6.07) is 3.64. The smallest absolute Gasteiger partial charge is 0.464 e. The maximum absolute atomic E-state index is 11.3. The minimum Gasteiger partial charge on any atom is -0.464 e. The highest BCUT2D eigenvalue weighted by Gasteiger charge is 2.52. The predicted molar refractivity (Wildman–Crippen MR) is 83.6 cm³/mol. The molecule has 0 amide bonds. The van der Waals surface area contributed by atoms with Gasteiger partial charge in [-0.15, -0.1) is 0 Å². The summed E-state index contributed by atoms with van der Waals surface area (Å²) in [4.78, 5) is 15.4. The number of rotatable bonds is 1. The molecule has 1 fully saturated rings. The Morgan fingerprint density at radius 2 is 1.82 bits per heavy atom. The molecular formula is C15H19BN2O4. The Kier molecular flexibility index (Phi) is 3.13. The fourth-order valence-corrected chi connectivity index (χ4v) is 2.55. The summed E-state index contributed by atoms with van der Waals surface area (Å²) >= 11 is 0. The van der Waals surface area contributed by atoms with Gasteiger partial charge in [0.15, 0.2) is 0 Å². The number of carbonyl (C=O) groups is 1. The molecule has 0 spiro atoms. The van der Waals surface area contributed by atoms with Gasteiger partial charge in [0.25, 0.3) is 0 Å². The molecule has 2 aromatic rings. The van der Waals surface area contributed by atoms with Crippen LogP contribution < -0.4 is 5.46 Å². The standard InChI is InChI=1S/C15H19BN2O4/c1-9-6-11-12(18(8-17-11)13(19)20)7-10(9)16-21-14(2,3)15(4,5)22-16/h6-8H,1-5H3,(H,19,20). The number of benzene rings is 1. The molecule has 1 N–H and O–H groups in total. The van der Waals surface area contributed by atoms with Crippen LogP contribution in [0, 0.1) is 6.92 Å². The molecule has 0 aliphatic carbocycles. The van der Waals surface area contributed by atoms with Crippen molar-refractivity contribution in [3.05, 3.63) is 24.0 Å². The highest BCUT2D eigenvalue weighted by molar-refractivity contribution is 6.63. The Bertz CT molecular complexity index is 750. The van der Waals surface area contributed by atoms with Gasteiger partial charge in [-0.3, -0.25) is 0 Å². The van der Waals surface area contributed by atoms with E-state index in [-0.39, 0.29) is 0 Å². The molecule has 0 atom stereocenters. The van der Waals surface area contributed by atoms with Crippen molar-refractivity contribution in [1.82, 2.24) is 9.55 Å². The van der Waals surface area contributed by atoms with Crippen molar-refractivity contribution in [3.8, 4) is 0 Å². The van der Waals surface area contributed by atoms with E-state index in [1.807, 2.05) is 40.7 Å². The van der Waals surface area contributed by atoms with Crippen molar-refractivity contribution in [3.63, 3.8) is 0 Å². The van der Waals surface area contributed by atoms with E-state index >= 15 is 0 Å². The number of hydrogen-bond acceptors (Lipinski definition) is 4. The third-order valence-electron chi connectivity index (χ3n) is 4.65. The molecule has 22 heavy (non-hydrogen) atoms. The van der Waals surface area contributed by atoms with E-state index in [0.717, 1.165) is 15.6 Å². The highest BCUT2D eigenvalue weighted by Crippen LogP contribution is 2.36. The largest absolute Gasteiger partial charge is 0.495 e. The maximum Gasteiger partial charge on any atom is 0.495 e. The van der Waals surface area contributed by atoms with Gasteiger partial charge in [-0.25, -0.2) is 14.3 Å². The number of hydrogen-bond donors (Lipinski definition) is 1. The molecule has 0 saturated carbocycles. The SMILES string of the molecule is Cc1cc2ncn(C(=O)O)c2cc1B1OC(C)(C)C(C)(C)O1. The molecule has 1 aromatic heterocycles. The van der Waals surface area contributed by atoms with Gasteiger partial charge in [0, 0.05) is 0 Å². The molecule has 0 bridgehead atoms. The van der Waals surface area contributed by atoms with Crippen LogP contribution in [0.5, 0.6) is 0 Å². The molecule has 1 aromatic carbocycles. The van der Waals surface area contributed by atoms with Gasteiger partial charge in [-0.1, -0.05) is 0 Å². The van der Waals surface area contributed by atoms with E-state index in [1.165, 1.54) is 6.33 Å². The lowest BCUT2D eigenvalue weighted by Crippen LogP contribution is -2.41. The minimum absolute atomic E-state index is 0.438. The zero-order valence-electron chi connectivity index (χ0n) is 13.4. The van der Waals surface area contributed by atoms with Gasteiger partial charge in [0.2, 0.25) is 0 Å². The number of carboxylic acid groups (broad SMARTS) is 1. The molecular weight excluding hydrogens is 283 g/mol. The predicted octanol–water partition coefficient (Wildman–Crippen LogP) is 2.17. The third-order valence-corrected chi connectivity index (χ3v) is 4.65. The van der Waals surface area contributed by atoms with Gasteiger partial charge >= 0.3 is 13.2 Å². The second-order valence-electron chi connectivity index (χ2n) is 6.68. The average molecular weight is 302 g/mol. The maximum atomic E-state index is 11.3. The third kappa shape index (κ3) is 2.12. The van der Waals surface area contributed by atoms with Gasteiger partial charge in [0.1, 0.15) is 6.33 Å². The van der Waals surface area contributed by atoms with Crippen molar-refractivity contribution in [2.75, 3.05) is 0 Å². The zero-order chi connectivity index (χ0) is 16.3. The van der Waals surface area contributed by atoms with Crippen LogP contribution in [0.2, 0.25) is 0 Å². The van der Waals surface area contributed by atoms with E-state index in [4.69, 9.17) is 9.31 Å². The minimum atomic E-state index is -1.06. The number of aryl methyl sites for hydroxylation is 1. The Labute approximate surface area is 129 Å². The summed E-state index contributed by atoms with van der Waals surface area (Å²) in [5.74, 6) is 0. The average Bonchev–Trinajstić information content (AvgIpc) is 2.87. The molecule has 1 saturated heterocycles. The summed E-state index contributed by atoms with van der Waals surface area (Å²) in [6.45, 7) is 9.90. The van der Waals surface area contributed by atoms with E-state index in [0.29, 0.717) is 11.0 Å². The first-order chi connectivity index (χ1) is 10.1. The molecule has 1 aliphatic heterocycles. The molecule has 116 valence electrons. The van der Waals surface area contributed by atoms with Crippen LogP contribution in [0.3, 0.4) is 0 Å². The normalized spacial score (nSPS) is 19.8. The molecule has 0 unspecified atom stereocenters. The van der Waals surface area contributed by atoms with Crippen LogP contribution in [0.4, 0.5) is 4.79 Å². The second kappa shape index (κ2) is 4.57. The summed E-state index contributed by atoms with van der Waals surface area (Å²) in [7, 11) is -0.522. The van der Waals surface area contributed by atoms with E-state index in [1.54, 1.807) is 6.07 Å². The Morgan fingerprint density at radius 1 is 1.23 bits per heavy atom. The van der Waals surface area contributed by atoms with Crippen molar-refractivity contribution in [2.24, 2.45) is 0 Å². The highest BCUT2D eigenvalue weighted by atomic mass is 16.7. The topological polar surface area (TPSA) is 73.6 Å². The monoisotopic (exact) mass is 302 g/mol. The summed E-state index contributed by atoms with van der Waals surface area (Å²) in [6.07, 6.45) is 0.242. The molecule has 7 heteroatoms.